The summed E-state index contributed by atoms with van der Waals surface area (Å²) in [4.78, 5) is 26.4. The Hall–Kier alpha value is -1.73. The van der Waals surface area contributed by atoms with Gasteiger partial charge < -0.3 is 15.4 Å². The summed E-state index contributed by atoms with van der Waals surface area (Å²) in [7, 11) is 0. The molecule has 1 atom stereocenters. The number of carbonyl (C=O) groups is 2. The number of thioether (sulfide) groups is 1. The molecular weight excluding hydrogens is 338 g/mol. The van der Waals surface area contributed by atoms with Crippen LogP contribution in [0.15, 0.2) is 24.3 Å². The van der Waals surface area contributed by atoms with Gasteiger partial charge >= 0.3 is 0 Å². The van der Waals surface area contributed by atoms with Crippen LogP contribution in [0, 0.1) is 0 Å². The van der Waals surface area contributed by atoms with Gasteiger partial charge in [0, 0.05) is 31.9 Å². The van der Waals surface area contributed by atoms with E-state index in [4.69, 9.17) is 4.74 Å². The number of carbonyl (C=O) groups excluding carboxylic acids is 2. The van der Waals surface area contributed by atoms with E-state index < -0.39 is 6.04 Å². The van der Waals surface area contributed by atoms with Crippen molar-refractivity contribution >= 4 is 23.6 Å². The minimum absolute atomic E-state index is 0.0720. The first kappa shape index (κ1) is 19.6. The van der Waals surface area contributed by atoms with Gasteiger partial charge in [-0.15, -0.1) is 0 Å². The predicted molar refractivity (Wildman–Crippen MR) is 101 cm³/mol. The molecule has 0 saturated carbocycles. The van der Waals surface area contributed by atoms with Crippen molar-refractivity contribution in [2.45, 2.75) is 25.9 Å². The third kappa shape index (κ3) is 6.25. The average Bonchev–Trinajstić information content (AvgIpc) is 2.60. The minimum Gasteiger partial charge on any atom is -0.494 e. The number of amides is 2. The molecule has 1 aliphatic rings. The topological polar surface area (TPSA) is 70.7 Å². The third-order valence-corrected chi connectivity index (χ3v) is 4.68. The van der Waals surface area contributed by atoms with Crippen LogP contribution in [-0.2, 0) is 16.1 Å². The molecule has 25 heavy (non-hydrogen) atoms. The Morgan fingerprint density at radius 1 is 1.40 bits per heavy atom. The molecule has 1 aliphatic heterocycles. The quantitative estimate of drug-likeness (QED) is 0.645. The van der Waals surface area contributed by atoms with Crippen LogP contribution >= 0.6 is 11.8 Å². The maximum absolute atomic E-state index is 12.2. The molecule has 1 unspecified atom stereocenters. The van der Waals surface area contributed by atoms with E-state index in [1.165, 1.54) is 0 Å². The van der Waals surface area contributed by atoms with Gasteiger partial charge in [0.1, 0.15) is 5.75 Å². The van der Waals surface area contributed by atoms with Gasteiger partial charge in [0.05, 0.1) is 19.1 Å². The van der Waals surface area contributed by atoms with Crippen molar-refractivity contribution in [1.82, 2.24) is 15.5 Å². The molecule has 0 radical (unpaired) electrons. The molecule has 138 valence electrons. The fourth-order valence-electron chi connectivity index (χ4n) is 2.81. The van der Waals surface area contributed by atoms with E-state index in [9.17, 15) is 9.59 Å². The van der Waals surface area contributed by atoms with Crippen LogP contribution in [0.3, 0.4) is 0 Å². The highest BCUT2D eigenvalue weighted by atomic mass is 32.2. The van der Waals surface area contributed by atoms with Crippen molar-refractivity contribution < 1.29 is 14.3 Å². The van der Waals surface area contributed by atoms with Gasteiger partial charge in [-0.05, 0) is 30.9 Å². The second kappa shape index (κ2) is 10.3. The zero-order chi connectivity index (χ0) is 18.1. The zero-order valence-corrected chi connectivity index (χ0v) is 15.7. The summed E-state index contributed by atoms with van der Waals surface area (Å²) in [5.41, 5.74) is 1.10. The van der Waals surface area contributed by atoms with E-state index in [1.54, 1.807) is 11.8 Å². The lowest BCUT2D eigenvalue weighted by molar-refractivity contribution is -0.134. The average molecular weight is 365 g/mol. The summed E-state index contributed by atoms with van der Waals surface area (Å²) >= 11 is 1.68. The number of hydrogen-bond donors (Lipinski definition) is 2. The minimum atomic E-state index is -0.422. The van der Waals surface area contributed by atoms with E-state index in [1.807, 2.05) is 37.4 Å². The molecule has 2 rings (SSSR count). The summed E-state index contributed by atoms with van der Waals surface area (Å²) in [6.07, 6.45) is 2.19. The van der Waals surface area contributed by atoms with Crippen molar-refractivity contribution in [3.8, 4) is 5.75 Å². The van der Waals surface area contributed by atoms with E-state index in [0.717, 1.165) is 23.6 Å². The number of piperazine rings is 1. The molecule has 2 amide bonds. The maximum atomic E-state index is 12.2. The molecule has 0 spiro atoms. The molecular formula is C18H27N3O3S. The van der Waals surface area contributed by atoms with Crippen molar-refractivity contribution in [2.75, 3.05) is 38.2 Å². The summed E-state index contributed by atoms with van der Waals surface area (Å²) in [6, 6.07) is 7.47. The molecule has 6 nitrogen and oxygen atoms in total. The molecule has 1 aromatic carbocycles. The molecule has 1 saturated heterocycles. The summed E-state index contributed by atoms with van der Waals surface area (Å²) in [5, 5.41) is 5.74. The van der Waals surface area contributed by atoms with Crippen LogP contribution in [0.25, 0.3) is 0 Å². The number of rotatable bonds is 9. The largest absolute Gasteiger partial charge is 0.494 e. The number of nitrogens with one attached hydrogen (secondary N) is 2. The highest BCUT2D eigenvalue weighted by Gasteiger charge is 2.31. The lowest BCUT2D eigenvalue weighted by Gasteiger charge is -2.34. The molecule has 1 heterocycles. The number of ether oxygens (including phenoxy) is 1. The van der Waals surface area contributed by atoms with Gasteiger partial charge in [0.2, 0.25) is 11.8 Å². The van der Waals surface area contributed by atoms with Gasteiger partial charge in [-0.1, -0.05) is 12.1 Å². The summed E-state index contributed by atoms with van der Waals surface area (Å²) in [6.45, 7) is 5.21. The van der Waals surface area contributed by atoms with Crippen molar-refractivity contribution in [3.05, 3.63) is 29.8 Å². The van der Waals surface area contributed by atoms with Gasteiger partial charge in [-0.2, -0.15) is 11.8 Å². The van der Waals surface area contributed by atoms with Gasteiger partial charge in [-0.3, -0.25) is 14.5 Å². The summed E-state index contributed by atoms with van der Waals surface area (Å²) in [5.74, 6) is 1.57. The highest BCUT2D eigenvalue weighted by Crippen LogP contribution is 2.17. The van der Waals surface area contributed by atoms with Crippen LogP contribution in [-0.4, -0.2) is 61.0 Å². The van der Waals surface area contributed by atoms with Crippen molar-refractivity contribution in [2.24, 2.45) is 0 Å². The first-order valence-electron chi connectivity index (χ1n) is 8.63. The first-order chi connectivity index (χ1) is 12.1. The van der Waals surface area contributed by atoms with Crippen LogP contribution in [0.5, 0.6) is 5.75 Å². The molecule has 7 heteroatoms. The Balaban J connectivity index is 1.95. The van der Waals surface area contributed by atoms with Crippen molar-refractivity contribution in [3.63, 3.8) is 0 Å². The molecule has 0 aromatic heterocycles. The Labute approximate surface area is 153 Å². The lowest BCUT2D eigenvalue weighted by Crippen LogP contribution is -2.56. The number of nitrogens with zero attached hydrogens (tertiary/aromatic N) is 1. The fourth-order valence-corrected chi connectivity index (χ4v) is 3.11. The zero-order valence-electron chi connectivity index (χ0n) is 14.9. The van der Waals surface area contributed by atoms with E-state index >= 15 is 0 Å². The van der Waals surface area contributed by atoms with Crippen LogP contribution < -0.4 is 15.4 Å². The van der Waals surface area contributed by atoms with Crippen LogP contribution in [0.2, 0.25) is 0 Å². The Bertz CT molecular complexity index is 565. The van der Waals surface area contributed by atoms with Gasteiger partial charge in [-0.25, -0.2) is 0 Å². The SMILES string of the molecule is CCOc1ccc(CN2CCNC(=O)C2CC(=O)NCCSC)cc1. The van der Waals surface area contributed by atoms with Gasteiger partial charge in [0.15, 0.2) is 0 Å². The molecule has 0 bridgehead atoms. The Morgan fingerprint density at radius 3 is 2.84 bits per heavy atom. The Morgan fingerprint density at radius 2 is 2.16 bits per heavy atom. The molecule has 2 N–H and O–H groups in total. The lowest BCUT2D eigenvalue weighted by atomic mass is 10.1. The summed E-state index contributed by atoms with van der Waals surface area (Å²) < 4.78 is 5.46. The van der Waals surface area contributed by atoms with E-state index in [0.29, 0.717) is 26.2 Å². The van der Waals surface area contributed by atoms with Gasteiger partial charge in [0.25, 0.3) is 0 Å². The highest BCUT2D eigenvalue weighted by molar-refractivity contribution is 7.98. The number of hydrogen-bond acceptors (Lipinski definition) is 5. The smallest absolute Gasteiger partial charge is 0.237 e. The van der Waals surface area contributed by atoms with Crippen molar-refractivity contribution in [1.29, 1.82) is 0 Å². The molecule has 1 aromatic rings. The first-order valence-corrected chi connectivity index (χ1v) is 10.0. The van der Waals surface area contributed by atoms with Crippen LogP contribution in [0.4, 0.5) is 0 Å². The standard InChI is InChI=1S/C18H27N3O3S/c1-3-24-15-6-4-14(5-7-15)13-21-10-8-20-18(23)16(21)12-17(22)19-9-11-25-2/h4-7,16H,3,8-13H2,1-2H3,(H,19,22)(H,20,23). The monoisotopic (exact) mass is 365 g/mol. The second-order valence-corrected chi connectivity index (χ2v) is 6.89. The normalized spacial score (nSPS) is 17.8. The fraction of sp³-hybridized carbons (Fsp3) is 0.556. The maximum Gasteiger partial charge on any atom is 0.237 e. The number of benzene rings is 1. The predicted octanol–water partition coefficient (Wildman–Crippen LogP) is 1.26. The van der Waals surface area contributed by atoms with Crippen LogP contribution in [0.1, 0.15) is 18.9 Å². The molecule has 1 fully saturated rings. The second-order valence-electron chi connectivity index (χ2n) is 5.90. The van der Waals surface area contributed by atoms with E-state index in [2.05, 4.69) is 15.5 Å². The van der Waals surface area contributed by atoms with E-state index in [-0.39, 0.29) is 18.2 Å². The third-order valence-electron chi connectivity index (χ3n) is 4.07. The Kier molecular flexibility index (Phi) is 8.08. The molecule has 0 aliphatic carbocycles.